The number of H-pyrrole nitrogens is 1. The van der Waals surface area contributed by atoms with E-state index < -0.39 is 5.97 Å². The zero-order valence-electron chi connectivity index (χ0n) is 10.4. The molecule has 4 nitrogen and oxygen atoms in total. The first-order valence-electron chi connectivity index (χ1n) is 5.78. The SMILES string of the molecule is CCO/C(=C\c1ccc2[nH]ccc2c1C)C(=O)O. The van der Waals surface area contributed by atoms with Crippen LogP contribution in [0.2, 0.25) is 0 Å². The highest BCUT2D eigenvalue weighted by Gasteiger charge is 2.10. The first-order chi connectivity index (χ1) is 8.63. The summed E-state index contributed by atoms with van der Waals surface area (Å²) in [6.45, 7) is 4.07. The number of nitrogens with one attached hydrogen (secondary N) is 1. The molecule has 0 saturated carbocycles. The predicted octanol–water partition coefficient (Wildman–Crippen LogP) is 2.94. The number of aliphatic carboxylic acids is 1. The molecule has 0 radical (unpaired) electrons. The number of rotatable bonds is 4. The number of aromatic nitrogens is 1. The number of hydrogen-bond donors (Lipinski definition) is 2. The van der Waals surface area contributed by atoms with Crippen LogP contribution in [-0.4, -0.2) is 22.7 Å². The van der Waals surface area contributed by atoms with Crippen LogP contribution >= 0.6 is 0 Å². The first-order valence-corrected chi connectivity index (χ1v) is 5.78. The summed E-state index contributed by atoms with van der Waals surface area (Å²) >= 11 is 0. The molecule has 0 aliphatic rings. The first kappa shape index (κ1) is 12.2. The van der Waals surface area contributed by atoms with Gasteiger partial charge >= 0.3 is 5.97 Å². The van der Waals surface area contributed by atoms with Crippen LogP contribution in [0, 0.1) is 6.92 Å². The van der Waals surface area contributed by atoms with E-state index in [-0.39, 0.29) is 5.76 Å². The Bertz CT molecular complexity index is 611. The highest BCUT2D eigenvalue weighted by molar-refractivity contribution is 5.92. The number of fused-ring (bicyclic) bond motifs is 1. The summed E-state index contributed by atoms with van der Waals surface area (Å²) in [6.07, 6.45) is 3.43. The van der Waals surface area contributed by atoms with Crippen LogP contribution in [0.5, 0.6) is 0 Å². The minimum Gasteiger partial charge on any atom is -0.487 e. The summed E-state index contributed by atoms with van der Waals surface area (Å²) in [5, 5.41) is 10.1. The number of ether oxygens (including phenoxy) is 1. The lowest BCUT2D eigenvalue weighted by molar-refractivity contribution is -0.136. The van der Waals surface area contributed by atoms with E-state index in [9.17, 15) is 4.79 Å². The van der Waals surface area contributed by atoms with Crippen LogP contribution in [-0.2, 0) is 9.53 Å². The molecule has 0 unspecified atom stereocenters. The van der Waals surface area contributed by atoms with Gasteiger partial charge in [-0.1, -0.05) is 6.07 Å². The van der Waals surface area contributed by atoms with E-state index >= 15 is 0 Å². The van der Waals surface area contributed by atoms with E-state index in [1.165, 1.54) is 0 Å². The van der Waals surface area contributed by atoms with Crippen LogP contribution in [0.4, 0.5) is 0 Å². The summed E-state index contributed by atoms with van der Waals surface area (Å²) in [4.78, 5) is 14.1. The fourth-order valence-corrected chi connectivity index (χ4v) is 1.92. The van der Waals surface area contributed by atoms with Gasteiger partial charge in [-0.15, -0.1) is 0 Å². The number of aromatic amines is 1. The molecule has 0 aliphatic heterocycles. The van der Waals surface area contributed by atoms with Crippen molar-refractivity contribution < 1.29 is 14.6 Å². The van der Waals surface area contributed by atoms with Crippen molar-refractivity contribution in [3.8, 4) is 0 Å². The zero-order chi connectivity index (χ0) is 13.1. The van der Waals surface area contributed by atoms with E-state index in [0.717, 1.165) is 22.0 Å². The van der Waals surface area contributed by atoms with Crippen molar-refractivity contribution in [2.45, 2.75) is 13.8 Å². The van der Waals surface area contributed by atoms with Crippen molar-refractivity contribution in [2.75, 3.05) is 6.61 Å². The highest BCUT2D eigenvalue weighted by atomic mass is 16.5. The Morgan fingerprint density at radius 3 is 2.89 bits per heavy atom. The van der Waals surface area contributed by atoms with Crippen LogP contribution < -0.4 is 0 Å². The normalized spacial score (nSPS) is 11.8. The number of carboxylic acids is 1. The van der Waals surface area contributed by atoms with Crippen molar-refractivity contribution >= 4 is 22.9 Å². The molecule has 0 aliphatic carbocycles. The van der Waals surface area contributed by atoms with Crippen LogP contribution in [0.1, 0.15) is 18.1 Å². The lowest BCUT2D eigenvalue weighted by Gasteiger charge is -2.06. The third kappa shape index (κ3) is 2.22. The molecule has 18 heavy (non-hydrogen) atoms. The maximum absolute atomic E-state index is 11.0. The molecule has 2 aromatic rings. The van der Waals surface area contributed by atoms with Crippen molar-refractivity contribution in [2.24, 2.45) is 0 Å². The number of carbonyl (C=O) groups is 1. The minimum atomic E-state index is -1.05. The van der Waals surface area contributed by atoms with E-state index in [0.29, 0.717) is 6.61 Å². The van der Waals surface area contributed by atoms with Crippen LogP contribution in [0.25, 0.3) is 17.0 Å². The highest BCUT2D eigenvalue weighted by Crippen LogP contribution is 2.22. The van der Waals surface area contributed by atoms with Gasteiger partial charge in [-0.05, 0) is 43.2 Å². The van der Waals surface area contributed by atoms with Crippen molar-refractivity contribution in [1.29, 1.82) is 0 Å². The molecule has 1 aromatic carbocycles. The predicted molar refractivity (Wildman–Crippen MR) is 70.3 cm³/mol. The molecule has 2 rings (SSSR count). The number of benzene rings is 1. The van der Waals surface area contributed by atoms with Gasteiger partial charge in [0.25, 0.3) is 0 Å². The topological polar surface area (TPSA) is 62.3 Å². The molecule has 0 spiro atoms. The van der Waals surface area contributed by atoms with Gasteiger partial charge in [-0.2, -0.15) is 0 Å². The maximum Gasteiger partial charge on any atom is 0.371 e. The molecule has 0 saturated heterocycles. The van der Waals surface area contributed by atoms with Gasteiger partial charge in [0, 0.05) is 17.1 Å². The summed E-state index contributed by atoms with van der Waals surface area (Å²) < 4.78 is 5.11. The molecule has 0 fully saturated rings. The fraction of sp³-hybridized carbons (Fsp3) is 0.214. The van der Waals surface area contributed by atoms with Crippen LogP contribution in [0.3, 0.4) is 0 Å². The molecule has 94 valence electrons. The molecule has 1 aromatic heterocycles. The lowest BCUT2D eigenvalue weighted by Crippen LogP contribution is -2.04. The second kappa shape index (κ2) is 4.96. The van der Waals surface area contributed by atoms with Crippen molar-refractivity contribution in [3.63, 3.8) is 0 Å². The van der Waals surface area contributed by atoms with Crippen LogP contribution in [0.15, 0.2) is 30.2 Å². The fourth-order valence-electron chi connectivity index (χ4n) is 1.92. The molecular weight excluding hydrogens is 230 g/mol. The molecule has 0 atom stereocenters. The molecule has 1 heterocycles. The van der Waals surface area contributed by atoms with Gasteiger partial charge in [0.1, 0.15) is 0 Å². The lowest BCUT2D eigenvalue weighted by atomic mass is 10.0. The molecule has 0 bridgehead atoms. The second-order valence-corrected chi connectivity index (χ2v) is 3.97. The molecular formula is C14H15NO3. The van der Waals surface area contributed by atoms with Gasteiger partial charge in [0.15, 0.2) is 0 Å². The van der Waals surface area contributed by atoms with E-state index in [1.54, 1.807) is 13.0 Å². The maximum atomic E-state index is 11.0. The second-order valence-electron chi connectivity index (χ2n) is 3.97. The molecule has 0 amide bonds. The smallest absolute Gasteiger partial charge is 0.371 e. The Hall–Kier alpha value is -2.23. The van der Waals surface area contributed by atoms with Gasteiger partial charge in [-0.3, -0.25) is 0 Å². The van der Waals surface area contributed by atoms with Gasteiger partial charge < -0.3 is 14.8 Å². The summed E-state index contributed by atoms with van der Waals surface area (Å²) in [7, 11) is 0. The Labute approximate surface area is 105 Å². The average molecular weight is 245 g/mol. The Balaban J connectivity index is 2.49. The van der Waals surface area contributed by atoms with E-state index in [4.69, 9.17) is 9.84 Å². The van der Waals surface area contributed by atoms with E-state index in [1.807, 2.05) is 31.3 Å². The molecule has 2 N–H and O–H groups in total. The van der Waals surface area contributed by atoms with Gasteiger partial charge in [0.05, 0.1) is 6.61 Å². The monoisotopic (exact) mass is 245 g/mol. The quantitative estimate of drug-likeness (QED) is 0.643. The molecule has 4 heteroatoms. The summed E-state index contributed by atoms with van der Waals surface area (Å²) in [5.41, 5.74) is 2.93. The third-order valence-corrected chi connectivity index (χ3v) is 2.84. The summed E-state index contributed by atoms with van der Waals surface area (Å²) in [5.74, 6) is -1.08. The number of hydrogen-bond acceptors (Lipinski definition) is 2. The third-order valence-electron chi connectivity index (χ3n) is 2.84. The largest absolute Gasteiger partial charge is 0.487 e. The number of aryl methyl sites for hydroxylation is 1. The minimum absolute atomic E-state index is 0.0320. The standard InChI is InChI=1S/C14H15NO3/c1-3-18-13(14(16)17)8-10-4-5-12-11(9(10)2)6-7-15-12/h4-8,15H,3H2,1-2H3,(H,16,17)/b13-8-. The van der Waals surface area contributed by atoms with Gasteiger partial charge in [0.2, 0.25) is 5.76 Å². The Kier molecular flexibility index (Phi) is 3.37. The van der Waals surface area contributed by atoms with Crippen molar-refractivity contribution in [3.05, 3.63) is 41.3 Å². The number of carboxylic acid groups (broad SMARTS) is 1. The van der Waals surface area contributed by atoms with Gasteiger partial charge in [-0.25, -0.2) is 4.79 Å². The average Bonchev–Trinajstić information content (AvgIpc) is 2.80. The summed E-state index contributed by atoms with van der Waals surface area (Å²) in [6, 6.07) is 5.79. The zero-order valence-corrected chi connectivity index (χ0v) is 10.4. The Morgan fingerprint density at radius 2 is 2.22 bits per heavy atom. The van der Waals surface area contributed by atoms with E-state index in [2.05, 4.69) is 4.98 Å². The van der Waals surface area contributed by atoms with Crippen molar-refractivity contribution in [1.82, 2.24) is 4.98 Å². The Morgan fingerprint density at radius 1 is 1.44 bits per heavy atom.